The third-order valence-electron chi connectivity index (χ3n) is 3.29. The molecule has 3 heteroatoms. The molecule has 0 aromatic rings. The van der Waals surface area contributed by atoms with Crippen molar-refractivity contribution >= 4 is 15.9 Å². The van der Waals surface area contributed by atoms with Crippen molar-refractivity contribution in [3.63, 3.8) is 0 Å². The highest BCUT2D eigenvalue weighted by atomic mass is 79.9. The normalized spacial score (nSPS) is 39.4. The summed E-state index contributed by atoms with van der Waals surface area (Å²) in [6, 6.07) is 0. The van der Waals surface area contributed by atoms with E-state index in [2.05, 4.69) is 27.4 Å². The average Bonchev–Trinajstić information content (AvgIpc) is 2.53. The molecule has 0 radical (unpaired) electrons. The quantitative estimate of drug-likeness (QED) is 0.799. The summed E-state index contributed by atoms with van der Waals surface area (Å²) in [6.45, 7) is 6.97. The molecule has 0 aromatic heterocycles. The highest BCUT2D eigenvalue weighted by Gasteiger charge is 2.41. The highest BCUT2D eigenvalue weighted by Crippen LogP contribution is 2.38. The molecule has 1 N–H and O–H groups in total. The molecule has 1 aliphatic heterocycles. The molecule has 1 saturated heterocycles. The van der Waals surface area contributed by atoms with Gasteiger partial charge in [0.25, 0.3) is 0 Å². The Balaban J connectivity index is 1.91. The van der Waals surface area contributed by atoms with E-state index in [4.69, 9.17) is 0 Å². The van der Waals surface area contributed by atoms with Crippen molar-refractivity contribution in [1.82, 2.24) is 4.90 Å². The topological polar surface area (TPSA) is 23.5 Å². The van der Waals surface area contributed by atoms with Gasteiger partial charge in [0.2, 0.25) is 0 Å². The Morgan fingerprint density at radius 3 is 2.85 bits per heavy atom. The molecule has 3 unspecified atom stereocenters. The molecule has 74 valence electrons. The van der Waals surface area contributed by atoms with Crippen molar-refractivity contribution in [3.8, 4) is 0 Å². The van der Waals surface area contributed by atoms with Crippen molar-refractivity contribution in [1.29, 1.82) is 0 Å². The Hall–Kier alpha value is 0.140. The lowest BCUT2D eigenvalue weighted by Gasteiger charge is -2.16. The summed E-state index contributed by atoms with van der Waals surface area (Å²) in [5.74, 6) is 1.27. The summed E-state index contributed by atoms with van der Waals surface area (Å²) < 4.78 is 1.04. The lowest BCUT2D eigenvalue weighted by atomic mass is 10.00. The summed E-state index contributed by atoms with van der Waals surface area (Å²) in [7, 11) is 0. The molecule has 1 heterocycles. The van der Waals surface area contributed by atoms with Crippen LogP contribution in [0.4, 0.5) is 0 Å². The van der Waals surface area contributed by atoms with Crippen LogP contribution < -0.4 is 0 Å². The van der Waals surface area contributed by atoms with Gasteiger partial charge in [-0.15, -0.1) is 0 Å². The maximum absolute atomic E-state index is 9.69. The summed E-state index contributed by atoms with van der Waals surface area (Å²) in [5, 5.41) is 9.69. The lowest BCUT2D eigenvalue weighted by Crippen LogP contribution is -2.25. The van der Waals surface area contributed by atoms with Crippen LogP contribution in [0.5, 0.6) is 0 Å². The average molecular weight is 246 g/mol. The first-order chi connectivity index (χ1) is 6.16. The van der Waals surface area contributed by atoms with E-state index in [1.165, 1.54) is 6.42 Å². The van der Waals surface area contributed by atoms with Gasteiger partial charge in [-0.2, -0.15) is 0 Å². The summed E-state index contributed by atoms with van der Waals surface area (Å²) in [4.78, 5) is 2.38. The van der Waals surface area contributed by atoms with Crippen LogP contribution in [0.2, 0.25) is 0 Å². The second-order valence-corrected chi connectivity index (χ2v) is 5.40. The molecular formula is C10H16BrNO. The van der Waals surface area contributed by atoms with E-state index in [1.807, 2.05) is 0 Å². The van der Waals surface area contributed by atoms with Crippen molar-refractivity contribution < 1.29 is 5.11 Å². The van der Waals surface area contributed by atoms with E-state index in [-0.39, 0.29) is 6.10 Å². The van der Waals surface area contributed by atoms with Gasteiger partial charge in [-0.3, -0.25) is 4.90 Å². The van der Waals surface area contributed by atoms with Crippen LogP contribution in [0.1, 0.15) is 12.8 Å². The van der Waals surface area contributed by atoms with Crippen LogP contribution in [0.15, 0.2) is 11.1 Å². The van der Waals surface area contributed by atoms with E-state index in [0.717, 1.165) is 36.5 Å². The fraction of sp³-hybridized carbons (Fsp3) is 0.800. The predicted molar refractivity (Wildman–Crippen MR) is 56.7 cm³/mol. The van der Waals surface area contributed by atoms with Gasteiger partial charge >= 0.3 is 0 Å². The van der Waals surface area contributed by atoms with Crippen molar-refractivity contribution in [2.75, 3.05) is 19.6 Å². The van der Waals surface area contributed by atoms with Crippen LogP contribution in [0, 0.1) is 11.8 Å². The van der Waals surface area contributed by atoms with Gasteiger partial charge in [-0.1, -0.05) is 22.5 Å². The van der Waals surface area contributed by atoms with Gasteiger partial charge in [0, 0.05) is 30.0 Å². The molecule has 0 spiro atoms. The van der Waals surface area contributed by atoms with E-state index in [1.54, 1.807) is 0 Å². The number of halogens is 1. The molecule has 0 bridgehead atoms. The highest BCUT2D eigenvalue weighted by molar-refractivity contribution is 9.11. The first-order valence-electron chi connectivity index (χ1n) is 4.90. The third-order valence-corrected chi connectivity index (χ3v) is 3.54. The number of aliphatic hydroxyl groups excluding tert-OH is 1. The largest absolute Gasteiger partial charge is 0.393 e. The van der Waals surface area contributed by atoms with E-state index >= 15 is 0 Å². The third kappa shape index (κ3) is 1.97. The number of hydrogen-bond acceptors (Lipinski definition) is 2. The van der Waals surface area contributed by atoms with Gasteiger partial charge in [-0.05, 0) is 18.8 Å². The lowest BCUT2D eigenvalue weighted by molar-refractivity contribution is 0.125. The van der Waals surface area contributed by atoms with Crippen molar-refractivity contribution in [2.45, 2.75) is 18.9 Å². The first kappa shape index (κ1) is 9.69. The molecular weight excluding hydrogens is 230 g/mol. The standard InChI is InChI=1S/C10H16BrNO/c1-7(11)4-12-5-8-2-3-10(13)9(8)6-12/h8-10,13H,1-6H2. The minimum atomic E-state index is -0.0430. The number of rotatable bonds is 2. The van der Waals surface area contributed by atoms with Crippen LogP contribution in [-0.4, -0.2) is 35.7 Å². The maximum atomic E-state index is 9.69. The number of likely N-dealkylation sites (tertiary alicyclic amines) is 1. The van der Waals surface area contributed by atoms with E-state index in [9.17, 15) is 5.11 Å². The second kappa shape index (κ2) is 3.71. The molecule has 1 saturated carbocycles. The smallest absolute Gasteiger partial charge is 0.0583 e. The predicted octanol–water partition coefficient (Wildman–Crippen LogP) is 1.60. The zero-order chi connectivity index (χ0) is 9.42. The van der Waals surface area contributed by atoms with Crippen LogP contribution in [0.3, 0.4) is 0 Å². The molecule has 0 amide bonds. The number of fused-ring (bicyclic) bond motifs is 1. The van der Waals surface area contributed by atoms with Crippen molar-refractivity contribution in [3.05, 3.63) is 11.1 Å². The molecule has 13 heavy (non-hydrogen) atoms. The molecule has 2 aliphatic rings. The van der Waals surface area contributed by atoms with Crippen LogP contribution in [0.25, 0.3) is 0 Å². The summed E-state index contributed by atoms with van der Waals surface area (Å²) >= 11 is 3.38. The summed E-state index contributed by atoms with van der Waals surface area (Å²) in [5.41, 5.74) is 0. The SMILES string of the molecule is C=C(Br)CN1CC2CCC(O)C2C1. The van der Waals surface area contributed by atoms with Gasteiger partial charge in [0.15, 0.2) is 0 Å². The van der Waals surface area contributed by atoms with Crippen LogP contribution in [-0.2, 0) is 0 Å². The number of nitrogens with zero attached hydrogens (tertiary/aromatic N) is 1. The Morgan fingerprint density at radius 1 is 1.46 bits per heavy atom. The fourth-order valence-electron chi connectivity index (χ4n) is 2.70. The minimum absolute atomic E-state index is 0.0430. The molecule has 0 aromatic carbocycles. The molecule has 2 rings (SSSR count). The Labute approximate surface area is 87.7 Å². The zero-order valence-corrected chi connectivity index (χ0v) is 9.33. The van der Waals surface area contributed by atoms with E-state index in [0.29, 0.717) is 5.92 Å². The Morgan fingerprint density at radius 2 is 2.23 bits per heavy atom. The van der Waals surface area contributed by atoms with Crippen LogP contribution >= 0.6 is 15.9 Å². The molecule has 3 atom stereocenters. The van der Waals surface area contributed by atoms with E-state index < -0.39 is 0 Å². The van der Waals surface area contributed by atoms with Gasteiger partial charge in [0.05, 0.1) is 6.10 Å². The zero-order valence-electron chi connectivity index (χ0n) is 7.75. The maximum Gasteiger partial charge on any atom is 0.0583 e. The number of hydrogen-bond donors (Lipinski definition) is 1. The molecule has 2 nitrogen and oxygen atoms in total. The Kier molecular flexibility index (Phi) is 2.77. The van der Waals surface area contributed by atoms with Crippen molar-refractivity contribution in [2.24, 2.45) is 11.8 Å². The minimum Gasteiger partial charge on any atom is -0.393 e. The van der Waals surface area contributed by atoms with Gasteiger partial charge < -0.3 is 5.11 Å². The Bertz CT molecular complexity index is 219. The fourth-order valence-corrected chi connectivity index (χ4v) is 3.06. The second-order valence-electron chi connectivity index (χ2n) is 4.28. The summed E-state index contributed by atoms with van der Waals surface area (Å²) in [6.07, 6.45) is 2.17. The number of aliphatic hydroxyl groups is 1. The van der Waals surface area contributed by atoms with Gasteiger partial charge in [0.1, 0.15) is 0 Å². The molecule has 2 fully saturated rings. The molecule has 1 aliphatic carbocycles. The monoisotopic (exact) mass is 245 g/mol. The van der Waals surface area contributed by atoms with Gasteiger partial charge in [-0.25, -0.2) is 0 Å². The first-order valence-corrected chi connectivity index (χ1v) is 5.70.